The molecular formula is C57H55ClN12O9. The molecule has 0 unspecified atom stereocenters. The van der Waals surface area contributed by atoms with Gasteiger partial charge in [-0.05, 0) is 74.9 Å². The molecule has 9 aromatic heterocycles. The lowest BCUT2D eigenvalue weighted by atomic mass is 10.2. The predicted octanol–water partition coefficient (Wildman–Crippen LogP) is 7.53. The monoisotopic (exact) mass is 1090 g/mol. The topological polar surface area (TPSA) is 260 Å². The van der Waals surface area contributed by atoms with Crippen molar-refractivity contribution < 1.29 is 13.3 Å². The van der Waals surface area contributed by atoms with E-state index in [1.54, 1.807) is 14.1 Å². The summed E-state index contributed by atoms with van der Waals surface area (Å²) < 4.78 is 23.8. The second-order valence-corrected chi connectivity index (χ2v) is 18.9. The van der Waals surface area contributed by atoms with Crippen LogP contribution in [0.5, 0.6) is 0 Å². The van der Waals surface area contributed by atoms with Gasteiger partial charge in [0, 0.05) is 94.1 Å². The van der Waals surface area contributed by atoms with Gasteiger partial charge in [-0.2, -0.15) is 0 Å². The number of halogens is 1. The maximum atomic E-state index is 12.5. The molecule has 3 aromatic carbocycles. The van der Waals surface area contributed by atoms with Gasteiger partial charge in [0.25, 0.3) is 16.7 Å². The van der Waals surface area contributed by atoms with Gasteiger partial charge in [-0.1, -0.05) is 54.6 Å². The summed E-state index contributed by atoms with van der Waals surface area (Å²) in [6.45, 7) is 0.715. The van der Waals surface area contributed by atoms with E-state index in [4.69, 9.17) is 24.9 Å². The Kier molecular flexibility index (Phi) is 17.4. The molecule has 0 atom stereocenters. The van der Waals surface area contributed by atoms with Crippen LogP contribution in [0.2, 0.25) is 0 Å². The summed E-state index contributed by atoms with van der Waals surface area (Å²) in [6.07, 6.45) is 15.9. The summed E-state index contributed by atoms with van der Waals surface area (Å²) in [4.78, 5) is 97.8. The van der Waals surface area contributed by atoms with Crippen molar-refractivity contribution in [3.63, 3.8) is 0 Å². The molecule has 12 aromatic rings. The van der Waals surface area contributed by atoms with E-state index in [1.165, 1.54) is 72.8 Å². The number of aromatic nitrogens is 12. The van der Waals surface area contributed by atoms with Gasteiger partial charge in [-0.3, -0.25) is 42.2 Å². The van der Waals surface area contributed by atoms with Crippen molar-refractivity contribution in [2.75, 3.05) is 5.88 Å². The Morgan fingerprint density at radius 2 is 0.835 bits per heavy atom. The van der Waals surface area contributed by atoms with Gasteiger partial charge in [-0.25, -0.2) is 44.3 Å². The minimum Gasteiger partial charge on any atom is -0.461 e. The number of unbranched alkanes of at least 4 members (excludes halogenated alkanes) is 3. The molecule has 12 rings (SSSR count). The van der Waals surface area contributed by atoms with E-state index in [1.807, 2.05) is 78.9 Å². The Morgan fingerprint density at radius 1 is 0.468 bits per heavy atom. The Balaban J connectivity index is 0.000000134. The summed E-state index contributed by atoms with van der Waals surface area (Å²) in [5.41, 5.74) is 1.45. The minimum absolute atomic E-state index is 0.310. The first-order valence-electron chi connectivity index (χ1n) is 25.6. The van der Waals surface area contributed by atoms with Crippen LogP contribution in [0.1, 0.15) is 55.8 Å². The average molecular weight is 1090 g/mol. The number of hydrogen-bond acceptors (Lipinski definition) is 15. The van der Waals surface area contributed by atoms with Gasteiger partial charge in [-0.15, -0.1) is 11.6 Å². The van der Waals surface area contributed by atoms with Gasteiger partial charge < -0.3 is 13.3 Å². The molecule has 0 fully saturated rings. The number of alkyl halides is 1. The van der Waals surface area contributed by atoms with Crippen molar-refractivity contribution in [2.24, 2.45) is 21.1 Å². The fourth-order valence-electron chi connectivity index (χ4n) is 8.99. The first kappa shape index (κ1) is 54.4. The van der Waals surface area contributed by atoms with Gasteiger partial charge in [0.2, 0.25) is 0 Å². The molecule has 0 saturated heterocycles. The Morgan fingerprint density at radius 3 is 1.23 bits per heavy atom. The van der Waals surface area contributed by atoms with Crippen LogP contribution in [-0.4, -0.2) is 63.6 Å². The number of H-pyrrole nitrogens is 1. The molecule has 21 nitrogen and oxygen atoms in total. The van der Waals surface area contributed by atoms with E-state index in [0.29, 0.717) is 59.0 Å². The molecule has 404 valence electrons. The zero-order valence-corrected chi connectivity index (χ0v) is 44.3. The summed E-state index contributed by atoms with van der Waals surface area (Å²) >= 11 is 5.62. The number of hydrogen-bond donors (Lipinski definition) is 1. The predicted molar refractivity (Wildman–Crippen MR) is 302 cm³/mol. The zero-order valence-electron chi connectivity index (χ0n) is 43.6. The van der Waals surface area contributed by atoms with Crippen LogP contribution in [0.3, 0.4) is 0 Å². The molecule has 9 heterocycles. The highest BCUT2D eigenvalue weighted by Crippen LogP contribution is 2.22. The number of rotatable bonds is 14. The van der Waals surface area contributed by atoms with Crippen LogP contribution in [0.4, 0.5) is 0 Å². The second-order valence-electron chi connectivity index (χ2n) is 18.5. The largest absolute Gasteiger partial charge is 0.461 e. The summed E-state index contributed by atoms with van der Waals surface area (Å²) in [7, 11) is 4.76. The minimum atomic E-state index is -0.476. The molecule has 0 saturated carbocycles. The van der Waals surface area contributed by atoms with Crippen LogP contribution in [0.25, 0.3) is 66.0 Å². The van der Waals surface area contributed by atoms with Crippen molar-refractivity contribution in [2.45, 2.75) is 70.9 Å². The fourth-order valence-corrected chi connectivity index (χ4v) is 9.18. The molecule has 0 radical (unpaired) electrons. The van der Waals surface area contributed by atoms with Crippen LogP contribution in [-0.2, 0) is 53.5 Å². The third-order valence-electron chi connectivity index (χ3n) is 13.1. The molecule has 0 amide bonds. The van der Waals surface area contributed by atoms with E-state index in [2.05, 4.69) is 47.0 Å². The number of para-hydroxylation sites is 3. The molecule has 79 heavy (non-hydrogen) atoms. The summed E-state index contributed by atoms with van der Waals surface area (Å²) in [6, 6.07) is 30.1. The molecule has 0 aliphatic carbocycles. The second kappa shape index (κ2) is 25.2. The van der Waals surface area contributed by atoms with Crippen molar-refractivity contribution in [3.8, 4) is 0 Å². The molecule has 1 N–H and O–H groups in total. The van der Waals surface area contributed by atoms with Crippen LogP contribution in [0.15, 0.2) is 171 Å². The molecule has 22 heteroatoms. The number of nitrogens with zero attached hydrogens (tertiary/aromatic N) is 11. The molecule has 0 aliphatic heterocycles. The number of aryl methyl sites for hydroxylation is 6. The van der Waals surface area contributed by atoms with Crippen molar-refractivity contribution >= 4 is 77.6 Å². The van der Waals surface area contributed by atoms with Gasteiger partial charge in [0.15, 0.2) is 16.9 Å². The standard InChI is InChI=1S/2C19H18N4O3.C12H13ClO.C7H6N4O2/c2*1-22-17-15(11-20-12-21-17)18(24)23(19(22)25)9-5-4-7-14-10-13-6-2-3-8-16(13)26-14;13-8-4-3-6-11-9-10-5-1-2-7-12(10)14-11;1-11-5-4(2-8-3-9-5)6(12)10-7(11)13/h2*2-3,6,8,10-12H,4-5,7,9H2,1H3;1-2,5,7,9H,3-4,6,8H2;2-3H,1H3,(H,10,12,13). The van der Waals surface area contributed by atoms with E-state index >= 15 is 0 Å². The summed E-state index contributed by atoms with van der Waals surface area (Å²) in [5, 5.41) is 4.38. The summed E-state index contributed by atoms with van der Waals surface area (Å²) in [5.74, 6) is 3.63. The number of furan rings is 3. The Bertz CT molecular complexity index is 4180. The number of nitrogens with one attached hydrogen (secondary N) is 1. The zero-order chi connectivity index (χ0) is 55.4. The average Bonchev–Trinajstić information content (AvgIpc) is 4.34. The van der Waals surface area contributed by atoms with Gasteiger partial charge >= 0.3 is 17.1 Å². The smallest absolute Gasteiger partial charge is 0.332 e. The quantitative estimate of drug-likeness (QED) is 0.0815. The third kappa shape index (κ3) is 12.6. The molecular weight excluding hydrogens is 1030 g/mol. The highest BCUT2D eigenvalue weighted by molar-refractivity contribution is 6.17. The number of aromatic amines is 1. The van der Waals surface area contributed by atoms with Crippen molar-refractivity contribution in [1.29, 1.82) is 0 Å². The van der Waals surface area contributed by atoms with Crippen molar-refractivity contribution in [1.82, 2.24) is 57.7 Å². The van der Waals surface area contributed by atoms with Gasteiger partial charge in [0.1, 0.15) is 69.2 Å². The lowest BCUT2D eigenvalue weighted by molar-refractivity contribution is 0.507. The molecule has 0 bridgehead atoms. The first-order chi connectivity index (χ1) is 38.4. The normalized spacial score (nSPS) is 11.2. The van der Waals surface area contributed by atoms with Crippen LogP contribution >= 0.6 is 11.6 Å². The lowest BCUT2D eigenvalue weighted by Crippen LogP contribution is -2.39. The maximum absolute atomic E-state index is 12.5. The van der Waals surface area contributed by atoms with E-state index in [9.17, 15) is 28.8 Å². The van der Waals surface area contributed by atoms with Crippen molar-refractivity contribution in [3.05, 3.63) is 208 Å². The number of fused-ring (bicyclic) bond motifs is 6. The fraction of sp³-hybridized carbons (Fsp3) is 0.263. The third-order valence-corrected chi connectivity index (χ3v) is 13.4. The molecule has 0 spiro atoms. The van der Waals surface area contributed by atoms with E-state index in [0.717, 1.165) is 95.6 Å². The highest BCUT2D eigenvalue weighted by Gasteiger charge is 2.14. The lowest BCUT2D eigenvalue weighted by Gasteiger charge is -2.09. The highest BCUT2D eigenvalue weighted by atomic mass is 35.5. The van der Waals surface area contributed by atoms with E-state index in [-0.39, 0.29) is 22.5 Å². The van der Waals surface area contributed by atoms with Crippen LogP contribution < -0.4 is 33.7 Å². The maximum Gasteiger partial charge on any atom is 0.332 e. The first-order valence-corrected chi connectivity index (χ1v) is 26.1. The SMILES string of the molecule is ClCCCCc1cc2ccccc2o1.Cn1c(=O)[nH]c(=O)c2cncnc21.Cn1c(=O)n(CCCCc2cc3ccccc3o2)c(=O)c2cncnc21.Cn1c(=O)n(CCCCc2cc3ccccc3o2)c(=O)c2cncnc21. The Hall–Kier alpha value is -9.37. The van der Waals surface area contributed by atoms with Crippen LogP contribution in [0, 0.1) is 0 Å². The van der Waals surface area contributed by atoms with E-state index < -0.39 is 11.2 Å². The number of benzene rings is 3. The Labute approximate surface area is 453 Å². The van der Waals surface area contributed by atoms with Gasteiger partial charge in [0.05, 0.1) is 0 Å². The molecule has 0 aliphatic rings.